The molecule has 0 N–H and O–H groups in total. The van der Waals surface area contributed by atoms with Crippen LogP contribution in [0.2, 0.25) is 5.15 Å². The van der Waals surface area contributed by atoms with Crippen molar-refractivity contribution in [1.29, 1.82) is 0 Å². The Hall–Kier alpha value is -1.45. The van der Waals surface area contributed by atoms with Gasteiger partial charge in [-0.15, -0.1) is 11.3 Å². The molecule has 0 aliphatic carbocycles. The highest BCUT2D eigenvalue weighted by Crippen LogP contribution is 2.31. The highest BCUT2D eigenvalue weighted by Gasteiger charge is 2.12. The van der Waals surface area contributed by atoms with E-state index in [0.29, 0.717) is 5.15 Å². The molecule has 0 amide bonds. The van der Waals surface area contributed by atoms with Crippen LogP contribution >= 0.6 is 22.9 Å². The van der Waals surface area contributed by atoms with Crippen LogP contribution in [0.3, 0.4) is 0 Å². The molecule has 2 heterocycles. The lowest BCUT2D eigenvalue weighted by molar-refractivity contribution is 1.13. The van der Waals surface area contributed by atoms with Crippen molar-refractivity contribution in [2.45, 2.75) is 20.3 Å². The number of para-hydroxylation sites is 1. The number of halogens is 1. The Kier molecular flexibility index (Phi) is 3.25. The van der Waals surface area contributed by atoms with E-state index in [1.807, 2.05) is 12.1 Å². The van der Waals surface area contributed by atoms with Crippen LogP contribution in [-0.2, 0) is 6.42 Å². The highest BCUT2D eigenvalue weighted by molar-refractivity contribution is 7.13. The summed E-state index contributed by atoms with van der Waals surface area (Å²) < 4.78 is 0. The first-order valence-corrected chi connectivity index (χ1v) is 7.46. The average Bonchev–Trinajstić information content (AvgIpc) is 2.84. The molecule has 19 heavy (non-hydrogen) atoms. The second-order valence-electron chi connectivity index (χ2n) is 4.44. The van der Waals surface area contributed by atoms with Gasteiger partial charge in [-0.2, -0.15) is 0 Å². The molecule has 2 aromatic heterocycles. The number of fused-ring (bicyclic) bond motifs is 1. The van der Waals surface area contributed by atoms with Crippen LogP contribution in [0.5, 0.6) is 0 Å². The van der Waals surface area contributed by atoms with Crippen molar-refractivity contribution in [3.63, 3.8) is 0 Å². The Labute approximate surface area is 121 Å². The van der Waals surface area contributed by atoms with Gasteiger partial charge in [-0.25, -0.2) is 9.97 Å². The largest absolute Gasteiger partial charge is 0.227 e. The molecular weight excluding hydrogens is 276 g/mol. The summed E-state index contributed by atoms with van der Waals surface area (Å²) in [5.41, 5.74) is 3.36. The maximum atomic E-state index is 6.31. The normalized spacial score (nSPS) is 11.1. The summed E-state index contributed by atoms with van der Waals surface area (Å²) in [6.07, 6.45) is 0.938. The van der Waals surface area contributed by atoms with Crippen molar-refractivity contribution < 1.29 is 0 Å². The van der Waals surface area contributed by atoms with Crippen LogP contribution < -0.4 is 0 Å². The second kappa shape index (κ2) is 4.91. The number of benzene rings is 1. The quantitative estimate of drug-likeness (QED) is 0.628. The number of aromatic nitrogens is 2. The minimum absolute atomic E-state index is 0.531. The van der Waals surface area contributed by atoms with Crippen molar-refractivity contribution >= 4 is 33.8 Å². The highest BCUT2D eigenvalue weighted by atomic mass is 35.5. The van der Waals surface area contributed by atoms with Gasteiger partial charge in [0, 0.05) is 5.39 Å². The molecule has 2 nitrogen and oxygen atoms in total. The molecule has 0 radical (unpaired) electrons. The number of rotatable bonds is 2. The number of nitrogens with zero attached hydrogens (tertiary/aromatic N) is 2. The molecule has 0 aliphatic heterocycles. The fraction of sp³-hybridized carbons (Fsp3) is 0.200. The van der Waals surface area contributed by atoms with Gasteiger partial charge in [0.05, 0.1) is 10.4 Å². The molecule has 0 unspecified atom stereocenters. The van der Waals surface area contributed by atoms with Gasteiger partial charge in [-0.3, -0.25) is 0 Å². The molecule has 4 heteroatoms. The van der Waals surface area contributed by atoms with Crippen LogP contribution in [0.15, 0.2) is 29.6 Å². The van der Waals surface area contributed by atoms with Crippen LogP contribution in [-0.4, -0.2) is 9.97 Å². The summed E-state index contributed by atoms with van der Waals surface area (Å²) in [6, 6.07) is 8.15. The third-order valence-corrected chi connectivity index (χ3v) is 4.51. The van der Waals surface area contributed by atoms with E-state index in [-0.39, 0.29) is 0 Å². The van der Waals surface area contributed by atoms with E-state index < -0.39 is 0 Å². The first-order valence-electron chi connectivity index (χ1n) is 6.20. The Morgan fingerprint density at radius 2 is 2.05 bits per heavy atom. The lowest BCUT2D eigenvalue weighted by atomic mass is 10.1. The number of thiophene rings is 1. The summed E-state index contributed by atoms with van der Waals surface area (Å²) in [4.78, 5) is 10.3. The molecule has 96 valence electrons. The molecule has 0 spiro atoms. The van der Waals surface area contributed by atoms with Crippen molar-refractivity contribution in [3.8, 4) is 10.7 Å². The molecule has 3 aromatic rings. The van der Waals surface area contributed by atoms with Gasteiger partial charge in [0.15, 0.2) is 5.82 Å². The minimum Gasteiger partial charge on any atom is -0.227 e. The van der Waals surface area contributed by atoms with Gasteiger partial charge in [0.25, 0.3) is 0 Å². The Balaban J connectivity index is 2.32. The van der Waals surface area contributed by atoms with Crippen molar-refractivity contribution in [2.24, 2.45) is 0 Å². The summed E-state index contributed by atoms with van der Waals surface area (Å²) in [6.45, 7) is 4.19. The minimum atomic E-state index is 0.531. The third kappa shape index (κ3) is 2.13. The van der Waals surface area contributed by atoms with E-state index in [1.54, 1.807) is 11.3 Å². The average molecular weight is 289 g/mol. The zero-order valence-electron chi connectivity index (χ0n) is 10.8. The third-order valence-electron chi connectivity index (χ3n) is 3.21. The number of aryl methyl sites for hydroxylation is 2. The van der Waals surface area contributed by atoms with Crippen LogP contribution in [0.1, 0.15) is 18.1 Å². The van der Waals surface area contributed by atoms with Crippen molar-refractivity contribution in [2.75, 3.05) is 0 Å². The topological polar surface area (TPSA) is 25.8 Å². The summed E-state index contributed by atoms with van der Waals surface area (Å²) in [5.74, 6) is 0.728. The molecule has 0 bridgehead atoms. The summed E-state index contributed by atoms with van der Waals surface area (Å²) in [7, 11) is 0. The van der Waals surface area contributed by atoms with Gasteiger partial charge >= 0.3 is 0 Å². The smallest absolute Gasteiger partial charge is 0.171 e. The monoisotopic (exact) mass is 288 g/mol. The fourth-order valence-electron chi connectivity index (χ4n) is 2.16. The van der Waals surface area contributed by atoms with Gasteiger partial charge in [0.2, 0.25) is 0 Å². The van der Waals surface area contributed by atoms with E-state index in [4.69, 9.17) is 16.6 Å². The van der Waals surface area contributed by atoms with E-state index in [1.165, 1.54) is 11.1 Å². The van der Waals surface area contributed by atoms with Crippen molar-refractivity contribution in [3.05, 3.63) is 45.9 Å². The Bertz CT molecular complexity index is 749. The molecule has 1 aromatic carbocycles. The molecular formula is C15H13ClN2S. The van der Waals surface area contributed by atoms with E-state index in [0.717, 1.165) is 28.0 Å². The molecule has 0 fully saturated rings. The summed E-state index contributed by atoms with van der Waals surface area (Å²) in [5, 5.41) is 3.51. The zero-order valence-corrected chi connectivity index (χ0v) is 12.3. The van der Waals surface area contributed by atoms with E-state index in [9.17, 15) is 0 Å². The molecule has 0 aliphatic rings. The Morgan fingerprint density at radius 1 is 1.21 bits per heavy atom. The predicted molar refractivity (Wildman–Crippen MR) is 82.0 cm³/mol. The lowest BCUT2D eigenvalue weighted by Crippen LogP contribution is -1.94. The molecule has 0 saturated heterocycles. The second-order valence-corrected chi connectivity index (χ2v) is 5.71. The fourth-order valence-corrected chi connectivity index (χ4v) is 3.25. The van der Waals surface area contributed by atoms with Gasteiger partial charge in [-0.05, 0) is 42.0 Å². The lowest BCUT2D eigenvalue weighted by Gasteiger charge is -2.07. The number of hydrogen-bond acceptors (Lipinski definition) is 3. The first-order chi connectivity index (χ1) is 9.20. The standard InChI is InChI=1S/C15H13ClN2S/c1-3-10-5-4-6-11-12(10)17-15(18-14(11)16)13-9(2)7-8-19-13/h4-8H,3H2,1-2H3. The maximum absolute atomic E-state index is 6.31. The van der Waals surface area contributed by atoms with Gasteiger partial charge in [0.1, 0.15) is 5.15 Å². The van der Waals surface area contributed by atoms with Gasteiger partial charge in [-0.1, -0.05) is 30.7 Å². The number of hydrogen-bond donors (Lipinski definition) is 0. The van der Waals surface area contributed by atoms with Crippen LogP contribution in [0, 0.1) is 6.92 Å². The molecule has 0 saturated carbocycles. The first kappa shape index (κ1) is 12.6. The molecule has 3 rings (SSSR count). The maximum Gasteiger partial charge on any atom is 0.171 e. The van der Waals surface area contributed by atoms with Crippen LogP contribution in [0.4, 0.5) is 0 Å². The summed E-state index contributed by atoms with van der Waals surface area (Å²) >= 11 is 7.96. The van der Waals surface area contributed by atoms with E-state index >= 15 is 0 Å². The van der Waals surface area contributed by atoms with Crippen molar-refractivity contribution in [1.82, 2.24) is 9.97 Å². The van der Waals surface area contributed by atoms with E-state index in [2.05, 4.69) is 36.3 Å². The molecule has 0 atom stereocenters. The van der Waals surface area contributed by atoms with Crippen LogP contribution in [0.25, 0.3) is 21.6 Å². The predicted octanol–water partition coefficient (Wildman–Crippen LogP) is 4.88. The Morgan fingerprint density at radius 3 is 2.74 bits per heavy atom. The zero-order chi connectivity index (χ0) is 13.4. The SMILES string of the molecule is CCc1cccc2c(Cl)nc(-c3sccc3C)nc12. The van der Waals surface area contributed by atoms with Gasteiger partial charge < -0.3 is 0 Å².